The topological polar surface area (TPSA) is 96.3 Å². The lowest BCUT2D eigenvalue weighted by molar-refractivity contribution is -0.211. The monoisotopic (exact) mass is 427 g/mol. The molecule has 4 N–H and O–H groups in total. The van der Waals surface area contributed by atoms with Crippen molar-refractivity contribution < 1.29 is 20.1 Å². The molecule has 1 aromatic rings. The number of anilines is 1. The highest BCUT2D eigenvalue weighted by Crippen LogP contribution is 2.69. The van der Waals surface area contributed by atoms with E-state index in [-0.39, 0.29) is 47.9 Å². The van der Waals surface area contributed by atoms with Crippen molar-refractivity contribution in [2.24, 2.45) is 17.8 Å². The van der Waals surface area contributed by atoms with Crippen molar-refractivity contribution >= 4 is 11.7 Å². The summed E-state index contributed by atoms with van der Waals surface area (Å²) in [6.07, 6.45) is 2.88. The Labute approximate surface area is 183 Å². The number of carboxylic acids is 1. The minimum absolute atomic E-state index is 0.130. The molecule has 4 saturated heterocycles. The largest absolute Gasteiger partial charge is 0.481 e. The second kappa shape index (κ2) is 6.91. The molecule has 1 saturated carbocycles. The summed E-state index contributed by atoms with van der Waals surface area (Å²) >= 11 is 0. The molecule has 7 nitrogen and oxygen atoms in total. The minimum Gasteiger partial charge on any atom is -0.481 e. The van der Waals surface area contributed by atoms with Crippen LogP contribution in [-0.2, 0) is 10.2 Å². The molecule has 7 heteroatoms. The highest BCUT2D eigenvalue weighted by Gasteiger charge is 2.76. The standard InChI is InChI=1S/C24H33N3O4/c1-2-13-14-10-17-21-24(11-18(20(14)22(24)30)27(17)23(13)31)15-6-3-4-7-16(15)26(21)12-25-9-5-8-19(28)29/h3-4,6-7,13-14,17-18,20-23,25,30-31H,2,5,8-12H2,1H3,(H,28,29)/t13-,14-,17-,18-,20-,21-,22+,23+,24-/m0/s1. The van der Waals surface area contributed by atoms with Crippen molar-refractivity contribution in [1.29, 1.82) is 0 Å². The smallest absolute Gasteiger partial charge is 0.303 e. The number of nitrogens with zero attached hydrogens (tertiary/aromatic N) is 2. The predicted octanol–water partition coefficient (Wildman–Crippen LogP) is 1.34. The molecule has 10 atom stereocenters. The van der Waals surface area contributed by atoms with Gasteiger partial charge in [0.2, 0.25) is 0 Å². The van der Waals surface area contributed by atoms with E-state index < -0.39 is 12.2 Å². The van der Waals surface area contributed by atoms with E-state index in [1.165, 1.54) is 11.3 Å². The fourth-order valence-electron chi connectivity index (χ4n) is 8.45. The zero-order valence-electron chi connectivity index (χ0n) is 18.0. The van der Waals surface area contributed by atoms with Crippen LogP contribution < -0.4 is 10.2 Å². The average Bonchev–Trinajstić information content (AvgIpc) is 3.16. The van der Waals surface area contributed by atoms with Crippen molar-refractivity contribution in [2.75, 3.05) is 18.1 Å². The Morgan fingerprint density at radius 2 is 2.06 bits per heavy atom. The van der Waals surface area contributed by atoms with E-state index in [1.54, 1.807) is 0 Å². The van der Waals surface area contributed by atoms with E-state index >= 15 is 0 Å². The number of aliphatic hydroxyl groups excluding tert-OH is 2. The van der Waals surface area contributed by atoms with Crippen LogP contribution in [0, 0.1) is 17.8 Å². The van der Waals surface area contributed by atoms with Gasteiger partial charge in [-0.2, -0.15) is 0 Å². The van der Waals surface area contributed by atoms with Gasteiger partial charge in [0, 0.05) is 41.4 Å². The molecule has 31 heavy (non-hydrogen) atoms. The first kappa shape index (κ1) is 20.0. The Kier molecular flexibility index (Phi) is 4.45. The third-order valence-electron chi connectivity index (χ3n) is 9.34. The highest BCUT2D eigenvalue weighted by molar-refractivity contribution is 5.68. The first-order chi connectivity index (χ1) is 15.0. The Morgan fingerprint density at radius 3 is 2.84 bits per heavy atom. The number of nitrogens with one attached hydrogen (secondary N) is 1. The summed E-state index contributed by atoms with van der Waals surface area (Å²) in [5.41, 5.74) is 2.18. The van der Waals surface area contributed by atoms with Crippen LogP contribution in [0.15, 0.2) is 24.3 Å². The van der Waals surface area contributed by atoms with E-state index in [1.807, 2.05) is 0 Å². The Morgan fingerprint density at radius 1 is 1.26 bits per heavy atom. The lowest BCUT2D eigenvalue weighted by atomic mass is 9.62. The molecular weight excluding hydrogens is 394 g/mol. The summed E-state index contributed by atoms with van der Waals surface area (Å²) in [4.78, 5) is 15.6. The zero-order chi connectivity index (χ0) is 21.5. The van der Waals surface area contributed by atoms with Crippen molar-refractivity contribution in [3.63, 3.8) is 0 Å². The third-order valence-corrected chi connectivity index (χ3v) is 9.34. The average molecular weight is 428 g/mol. The molecule has 0 aromatic heterocycles. The van der Waals surface area contributed by atoms with Gasteiger partial charge in [-0.3, -0.25) is 15.0 Å². The molecule has 1 aromatic carbocycles. The maximum absolute atomic E-state index is 11.9. The van der Waals surface area contributed by atoms with Gasteiger partial charge < -0.3 is 20.2 Å². The van der Waals surface area contributed by atoms with Gasteiger partial charge in [0.05, 0.1) is 18.8 Å². The summed E-state index contributed by atoms with van der Waals surface area (Å²) < 4.78 is 0. The van der Waals surface area contributed by atoms with Crippen LogP contribution in [0.25, 0.3) is 0 Å². The number of para-hydroxylation sites is 1. The Balaban J connectivity index is 1.37. The van der Waals surface area contributed by atoms with Crippen molar-refractivity contribution in [3.05, 3.63) is 29.8 Å². The molecule has 5 bridgehead atoms. The van der Waals surface area contributed by atoms with Gasteiger partial charge >= 0.3 is 5.97 Å². The summed E-state index contributed by atoms with van der Waals surface area (Å²) in [6.45, 7) is 3.45. The van der Waals surface area contributed by atoms with Crippen molar-refractivity contribution in [3.8, 4) is 0 Å². The lowest BCUT2D eigenvalue weighted by Crippen LogP contribution is -2.73. The SMILES string of the molecule is CC[C@H]1[C@@H]2C[C@H]3[C@@H]4N(CNCCCC(=O)O)c5ccccc5[C@@]45C[C@@H]([C@H]2[C@H]5O)N3[C@@H]1O. The molecule has 5 heterocycles. The molecular formula is C24H33N3O4. The fraction of sp³-hybridized carbons (Fsp3) is 0.708. The second-order valence-corrected chi connectivity index (χ2v) is 10.3. The van der Waals surface area contributed by atoms with E-state index in [4.69, 9.17) is 5.11 Å². The number of hydrogen-bond acceptors (Lipinski definition) is 6. The van der Waals surface area contributed by atoms with Crippen LogP contribution in [0.1, 0.15) is 44.6 Å². The van der Waals surface area contributed by atoms with Crippen LogP contribution in [-0.4, -0.2) is 69.9 Å². The fourth-order valence-corrected chi connectivity index (χ4v) is 8.45. The van der Waals surface area contributed by atoms with E-state index in [9.17, 15) is 15.0 Å². The summed E-state index contributed by atoms with van der Waals surface area (Å²) in [5.74, 6) is 0.113. The summed E-state index contributed by atoms with van der Waals surface area (Å²) in [6, 6.07) is 9.15. The number of fused-ring (bicyclic) bond motifs is 2. The number of benzene rings is 1. The maximum atomic E-state index is 11.9. The van der Waals surface area contributed by atoms with Crippen LogP contribution in [0.3, 0.4) is 0 Å². The van der Waals surface area contributed by atoms with Crippen LogP contribution >= 0.6 is 0 Å². The summed E-state index contributed by atoms with van der Waals surface area (Å²) in [5, 5.41) is 35.5. The number of piperidine rings is 4. The van der Waals surface area contributed by atoms with Crippen LogP contribution in [0.5, 0.6) is 0 Å². The molecule has 1 spiro atoms. The number of hydrogen-bond donors (Lipinski definition) is 4. The zero-order valence-corrected chi connectivity index (χ0v) is 18.0. The molecule has 0 radical (unpaired) electrons. The Hall–Kier alpha value is -1.67. The van der Waals surface area contributed by atoms with Gasteiger partial charge in [-0.15, -0.1) is 0 Å². The number of aliphatic hydroxyl groups is 2. The van der Waals surface area contributed by atoms with Crippen molar-refractivity contribution in [1.82, 2.24) is 10.2 Å². The molecule has 1 unspecified atom stereocenters. The minimum atomic E-state index is -0.764. The molecule has 5 fully saturated rings. The van der Waals surface area contributed by atoms with E-state index in [2.05, 4.69) is 46.3 Å². The number of carboxylic acid groups (broad SMARTS) is 1. The maximum Gasteiger partial charge on any atom is 0.303 e. The lowest BCUT2D eigenvalue weighted by Gasteiger charge is -2.62. The van der Waals surface area contributed by atoms with Crippen LogP contribution in [0.4, 0.5) is 5.69 Å². The van der Waals surface area contributed by atoms with E-state index in [0.717, 1.165) is 19.3 Å². The first-order valence-corrected chi connectivity index (χ1v) is 11.9. The van der Waals surface area contributed by atoms with Gasteiger partial charge in [-0.25, -0.2) is 0 Å². The van der Waals surface area contributed by atoms with Crippen molar-refractivity contribution in [2.45, 2.75) is 74.9 Å². The van der Waals surface area contributed by atoms with Gasteiger partial charge in [-0.05, 0) is 49.8 Å². The molecule has 5 aliphatic heterocycles. The number of rotatable bonds is 7. The van der Waals surface area contributed by atoms with Gasteiger partial charge in [0.1, 0.15) is 6.23 Å². The number of aliphatic carboxylic acids is 1. The highest BCUT2D eigenvalue weighted by atomic mass is 16.4. The first-order valence-electron chi connectivity index (χ1n) is 11.9. The molecule has 6 aliphatic rings. The molecule has 0 amide bonds. The van der Waals surface area contributed by atoms with Crippen LogP contribution in [0.2, 0.25) is 0 Å². The third kappa shape index (κ3) is 2.41. The van der Waals surface area contributed by atoms with Gasteiger partial charge in [0.15, 0.2) is 0 Å². The molecule has 1 aliphatic carbocycles. The summed E-state index contributed by atoms with van der Waals surface area (Å²) in [7, 11) is 0. The molecule has 168 valence electrons. The van der Waals surface area contributed by atoms with Gasteiger partial charge in [-0.1, -0.05) is 25.1 Å². The normalized spacial score (nSPS) is 45.8. The Bertz CT molecular complexity index is 895. The number of carbonyl (C=O) groups is 1. The predicted molar refractivity (Wildman–Crippen MR) is 116 cm³/mol. The van der Waals surface area contributed by atoms with Gasteiger partial charge in [0.25, 0.3) is 0 Å². The molecule has 7 rings (SSSR count). The van der Waals surface area contributed by atoms with E-state index in [0.29, 0.717) is 25.6 Å². The quantitative estimate of drug-likeness (QED) is 0.488. The second-order valence-electron chi connectivity index (χ2n) is 10.3.